The van der Waals surface area contributed by atoms with Crippen molar-refractivity contribution in [2.24, 2.45) is 0 Å². The van der Waals surface area contributed by atoms with Gasteiger partial charge >= 0.3 is 5.97 Å². The van der Waals surface area contributed by atoms with E-state index >= 15 is 0 Å². The molecule has 0 atom stereocenters. The monoisotopic (exact) mass is 281 g/mol. The van der Waals surface area contributed by atoms with Crippen LogP contribution in [0.25, 0.3) is 16.5 Å². The minimum absolute atomic E-state index is 0.102. The number of phenolic OH excluding ortho intramolecular Hbond substituents is 1. The zero-order valence-corrected chi connectivity index (χ0v) is 10.9. The van der Waals surface area contributed by atoms with Crippen molar-refractivity contribution in [3.05, 3.63) is 70.6 Å². The second kappa shape index (κ2) is 4.79. The van der Waals surface area contributed by atoms with Gasteiger partial charge in [-0.2, -0.15) is 0 Å². The molecule has 104 valence electrons. The van der Waals surface area contributed by atoms with E-state index in [2.05, 4.69) is 0 Å². The van der Waals surface area contributed by atoms with E-state index < -0.39 is 5.97 Å². The molecule has 2 aromatic carbocycles. The number of hydrogen-bond acceptors (Lipinski definition) is 3. The van der Waals surface area contributed by atoms with Crippen molar-refractivity contribution in [3.63, 3.8) is 0 Å². The summed E-state index contributed by atoms with van der Waals surface area (Å²) in [5.41, 5.74) is 0.521. The highest BCUT2D eigenvalue weighted by atomic mass is 16.4. The minimum atomic E-state index is -1.01. The van der Waals surface area contributed by atoms with E-state index in [1.165, 1.54) is 28.8 Å². The van der Waals surface area contributed by atoms with Crippen LogP contribution in [0.2, 0.25) is 0 Å². The molecule has 3 rings (SSSR count). The first-order valence-electron chi connectivity index (χ1n) is 6.24. The van der Waals surface area contributed by atoms with Crippen molar-refractivity contribution in [1.29, 1.82) is 0 Å². The number of pyridine rings is 1. The van der Waals surface area contributed by atoms with Gasteiger partial charge in [0.15, 0.2) is 0 Å². The smallest absolute Gasteiger partial charge is 0.335 e. The molecule has 3 aromatic rings. The Morgan fingerprint density at radius 3 is 2.38 bits per heavy atom. The molecule has 5 heteroatoms. The van der Waals surface area contributed by atoms with Crippen LogP contribution in [-0.2, 0) is 0 Å². The van der Waals surface area contributed by atoms with Crippen molar-refractivity contribution in [2.45, 2.75) is 0 Å². The molecule has 0 saturated carbocycles. The second-order valence-corrected chi connectivity index (χ2v) is 4.61. The standard InChI is InChI=1S/C16H11NO4/c18-13-5-6-14-11(9-13)7-8-17(15(14)19)12-3-1-10(2-4-12)16(20)21/h1-9,18H,(H,20,21). The number of carbonyl (C=O) groups is 1. The first-order chi connectivity index (χ1) is 10.1. The van der Waals surface area contributed by atoms with Crippen LogP contribution < -0.4 is 5.56 Å². The number of nitrogens with zero attached hydrogens (tertiary/aromatic N) is 1. The highest BCUT2D eigenvalue weighted by molar-refractivity contribution is 5.88. The molecule has 1 aromatic heterocycles. The molecular formula is C16H11NO4. The highest BCUT2D eigenvalue weighted by Crippen LogP contribution is 2.18. The van der Waals surface area contributed by atoms with Gasteiger partial charge in [-0.25, -0.2) is 4.79 Å². The second-order valence-electron chi connectivity index (χ2n) is 4.61. The maximum atomic E-state index is 12.4. The lowest BCUT2D eigenvalue weighted by atomic mass is 10.1. The van der Waals surface area contributed by atoms with Gasteiger partial charge in [0.2, 0.25) is 0 Å². The molecule has 0 aliphatic carbocycles. The summed E-state index contributed by atoms with van der Waals surface area (Å²) in [6.45, 7) is 0. The fourth-order valence-electron chi connectivity index (χ4n) is 2.20. The number of fused-ring (bicyclic) bond motifs is 1. The molecule has 0 fully saturated rings. The summed E-state index contributed by atoms with van der Waals surface area (Å²) in [5.74, 6) is -0.909. The maximum Gasteiger partial charge on any atom is 0.335 e. The zero-order valence-electron chi connectivity index (χ0n) is 10.9. The van der Waals surface area contributed by atoms with Crippen LogP contribution in [0.5, 0.6) is 5.75 Å². The zero-order chi connectivity index (χ0) is 15.0. The van der Waals surface area contributed by atoms with E-state index in [4.69, 9.17) is 5.11 Å². The van der Waals surface area contributed by atoms with Gasteiger partial charge in [-0.3, -0.25) is 9.36 Å². The Morgan fingerprint density at radius 1 is 1.00 bits per heavy atom. The van der Waals surface area contributed by atoms with Gasteiger partial charge in [0, 0.05) is 17.3 Å². The molecule has 0 aliphatic heterocycles. The van der Waals surface area contributed by atoms with Crippen LogP contribution in [0.3, 0.4) is 0 Å². The fraction of sp³-hybridized carbons (Fsp3) is 0. The summed E-state index contributed by atoms with van der Waals surface area (Å²) >= 11 is 0. The number of carboxylic acids is 1. The van der Waals surface area contributed by atoms with Gasteiger partial charge in [-0.1, -0.05) is 0 Å². The van der Waals surface area contributed by atoms with Crippen LogP contribution in [0.15, 0.2) is 59.5 Å². The third-order valence-electron chi connectivity index (χ3n) is 3.28. The maximum absolute atomic E-state index is 12.4. The van der Waals surface area contributed by atoms with E-state index in [0.717, 1.165) is 0 Å². The number of aromatic carboxylic acids is 1. The average Bonchev–Trinajstić information content (AvgIpc) is 2.47. The number of aromatic hydroxyl groups is 1. The lowest BCUT2D eigenvalue weighted by Crippen LogP contribution is -2.17. The molecule has 0 amide bonds. The topological polar surface area (TPSA) is 79.5 Å². The van der Waals surface area contributed by atoms with E-state index in [-0.39, 0.29) is 16.9 Å². The third-order valence-corrected chi connectivity index (χ3v) is 3.28. The molecule has 1 heterocycles. The van der Waals surface area contributed by atoms with E-state index in [0.29, 0.717) is 16.5 Å². The Labute approximate surface area is 119 Å². The molecule has 2 N–H and O–H groups in total. The summed E-state index contributed by atoms with van der Waals surface area (Å²) in [7, 11) is 0. The summed E-state index contributed by atoms with van der Waals surface area (Å²) in [6.07, 6.45) is 1.60. The first-order valence-corrected chi connectivity index (χ1v) is 6.24. The van der Waals surface area contributed by atoms with Gasteiger partial charge in [-0.15, -0.1) is 0 Å². The predicted molar refractivity (Wildman–Crippen MR) is 78.2 cm³/mol. The quantitative estimate of drug-likeness (QED) is 0.756. The summed E-state index contributed by atoms with van der Waals surface area (Å²) in [5, 5.41) is 19.4. The fourth-order valence-corrected chi connectivity index (χ4v) is 2.20. The molecule has 0 saturated heterocycles. The number of rotatable bonds is 2. The van der Waals surface area contributed by atoms with Crippen molar-refractivity contribution < 1.29 is 15.0 Å². The van der Waals surface area contributed by atoms with Crippen LogP contribution in [0.1, 0.15) is 10.4 Å². The lowest BCUT2D eigenvalue weighted by Gasteiger charge is -2.08. The summed E-state index contributed by atoms with van der Waals surface area (Å²) in [4.78, 5) is 23.3. The van der Waals surface area contributed by atoms with Gasteiger partial charge in [0.25, 0.3) is 5.56 Å². The number of hydrogen-bond donors (Lipinski definition) is 2. The van der Waals surface area contributed by atoms with Gasteiger partial charge in [0.1, 0.15) is 5.75 Å². The Hall–Kier alpha value is -3.08. The van der Waals surface area contributed by atoms with Crippen molar-refractivity contribution in [2.75, 3.05) is 0 Å². The van der Waals surface area contributed by atoms with E-state index in [1.54, 1.807) is 30.5 Å². The summed E-state index contributed by atoms with van der Waals surface area (Å²) in [6, 6.07) is 12.3. The highest BCUT2D eigenvalue weighted by Gasteiger charge is 2.07. The van der Waals surface area contributed by atoms with Gasteiger partial charge in [-0.05, 0) is 53.9 Å². The lowest BCUT2D eigenvalue weighted by molar-refractivity contribution is 0.0697. The van der Waals surface area contributed by atoms with E-state index in [9.17, 15) is 14.7 Å². The number of benzene rings is 2. The Bertz CT molecular complexity index is 894. The molecule has 0 spiro atoms. The molecule has 0 bridgehead atoms. The Balaban J connectivity index is 2.16. The van der Waals surface area contributed by atoms with Gasteiger partial charge in [0.05, 0.1) is 5.56 Å². The molecule has 0 aliphatic rings. The Morgan fingerprint density at radius 2 is 1.71 bits per heavy atom. The van der Waals surface area contributed by atoms with Crippen molar-refractivity contribution >= 4 is 16.7 Å². The van der Waals surface area contributed by atoms with Crippen molar-refractivity contribution in [1.82, 2.24) is 4.57 Å². The van der Waals surface area contributed by atoms with Gasteiger partial charge < -0.3 is 10.2 Å². The average molecular weight is 281 g/mol. The molecule has 21 heavy (non-hydrogen) atoms. The number of aromatic nitrogens is 1. The minimum Gasteiger partial charge on any atom is -0.508 e. The first kappa shape index (κ1) is 12.9. The van der Waals surface area contributed by atoms with Crippen LogP contribution in [-0.4, -0.2) is 20.7 Å². The van der Waals surface area contributed by atoms with Crippen LogP contribution in [0.4, 0.5) is 0 Å². The SMILES string of the molecule is O=C(O)c1ccc(-n2ccc3cc(O)ccc3c2=O)cc1. The van der Waals surface area contributed by atoms with E-state index in [1.807, 2.05) is 0 Å². The van der Waals surface area contributed by atoms with Crippen molar-refractivity contribution in [3.8, 4) is 11.4 Å². The summed E-state index contributed by atoms with van der Waals surface area (Å²) < 4.78 is 1.44. The molecular weight excluding hydrogens is 270 g/mol. The largest absolute Gasteiger partial charge is 0.508 e. The Kier molecular flexibility index (Phi) is 2.95. The molecule has 0 unspecified atom stereocenters. The molecule has 5 nitrogen and oxygen atoms in total. The van der Waals surface area contributed by atoms with Crippen LogP contribution in [0, 0.1) is 0 Å². The van der Waals surface area contributed by atoms with Crippen LogP contribution >= 0.6 is 0 Å². The third kappa shape index (κ3) is 2.25. The normalized spacial score (nSPS) is 10.7. The molecule has 0 radical (unpaired) electrons. The predicted octanol–water partition coefficient (Wildman–Crippen LogP) is 2.39. The number of phenols is 1. The number of carboxylic acid groups (broad SMARTS) is 1.